The fraction of sp³-hybridized carbons (Fsp3) is 0. The molecule has 5 aromatic rings. The zero-order chi connectivity index (χ0) is 13.8. The van der Waals surface area contributed by atoms with Crippen molar-refractivity contribution in [2.24, 2.45) is 0 Å². The lowest BCUT2D eigenvalue weighted by Crippen LogP contribution is -1.86. The summed E-state index contributed by atoms with van der Waals surface area (Å²) in [5, 5.41) is 7.81. The van der Waals surface area contributed by atoms with E-state index in [0.29, 0.717) is 0 Å². The Balaban J connectivity index is 2.07. The van der Waals surface area contributed by atoms with Gasteiger partial charge in [0.2, 0.25) is 0 Å². The van der Waals surface area contributed by atoms with Crippen molar-refractivity contribution in [1.82, 2.24) is 0 Å². The van der Waals surface area contributed by atoms with Gasteiger partial charge in [0, 0.05) is 5.56 Å². The largest absolute Gasteiger partial charge is 0.464 e. The Kier molecular flexibility index (Phi) is 2.01. The summed E-state index contributed by atoms with van der Waals surface area (Å²) in [6.45, 7) is 0. The molecule has 0 aliphatic carbocycles. The summed E-state index contributed by atoms with van der Waals surface area (Å²) in [5.41, 5.74) is 1.16. The van der Waals surface area contributed by atoms with Crippen LogP contribution in [-0.2, 0) is 0 Å². The molecule has 21 heavy (non-hydrogen) atoms. The van der Waals surface area contributed by atoms with Gasteiger partial charge in [-0.25, -0.2) is 0 Å². The van der Waals surface area contributed by atoms with Crippen LogP contribution in [0.5, 0.6) is 0 Å². The molecule has 1 aromatic heterocycles. The third-order valence-electron chi connectivity index (χ3n) is 4.32. The first kappa shape index (κ1) is 10.9. The van der Waals surface area contributed by atoms with Crippen molar-refractivity contribution >= 4 is 32.3 Å². The van der Waals surface area contributed by atoms with Gasteiger partial charge >= 0.3 is 0 Å². The summed E-state index contributed by atoms with van der Waals surface area (Å²) in [6.07, 6.45) is 1.73. The summed E-state index contributed by atoms with van der Waals surface area (Å²) in [6, 6.07) is 23.6. The van der Waals surface area contributed by atoms with Gasteiger partial charge in [-0.1, -0.05) is 48.5 Å². The highest BCUT2D eigenvalue weighted by atomic mass is 16.3. The molecule has 4 aromatic carbocycles. The number of hydrogen-bond acceptors (Lipinski definition) is 1. The van der Waals surface area contributed by atoms with E-state index in [4.69, 9.17) is 4.42 Å². The molecule has 0 saturated heterocycles. The molecule has 1 heteroatoms. The molecule has 0 bridgehead atoms. The van der Waals surface area contributed by atoms with E-state index in [-0.39, 0.29) is 0 Å². The molecule has 1 heterocycles. The predicted molar refractivity (Wildman–Crippen MR) is 87.8 cm³/mol. The van der Waals surface area contributed by atoms with Crippen molar-refractivity contribution in [3.8, 4) is 11.3 Å². The second kappa shape index (κ2) is 3.86. The van der Waals surface area contributed by atoms with E-state index in [9.17, 15) is 0 Å². The summed E-state index contributed by atoms with van der Waals surface area (Å²) in [5.74, 6) is 0.924. The summed E-state index contributed by atoms with van der Waals surface area (Å²) < 4.78 is 5.61. The van der Waals surface area contributed by atoms with E-state index in [1.54, 1.807) is 6.26 Å². The quantitative estimate of drug-likeness (QED) is 0.348. The van der Waals surface area contributed by atoms with E-state index in [1.807, 2.05) is 12.1 Å². The zero-order valence-electron chi connectivity index (χ0n) is 11.3. The summed E-state index contributed by atoms with van der Waals surface area (Å²) in [7, 11) is 0. The Morgan fingerprint density at radius 3 is 2.05 bits per heavy atom. The maximum atomic E-state index is 5.61. The number of furan rings is 1. The normalized spacial score (nSPS) is 11.8. The average Bonchev–Trinajstić information content (AvgIpc) is 3.07. The van der Waals surface area contributed by atoms with Gasteiger partial charge in [-0.15, -0.1) is 0 Å². The predicted octanol–water partition coefficient (Wildman–Crippen LogP) is 5.84. The molecule has 0 fully saturated rings. The van der Waals surface area contributed by atoms with E-state index >= 15 is 0 Å². The Labute approximate surface area is 121 Å². The molecule has 0 radical (unpaired) electrons. The van der Waals surface area contributed by atoms with Crippen LogP contribution in [0, 0.1) is 0 Å². The molecule has 0 N–H and O–H groups in total. The molecule has 0 spiro atoms. The van der Waals surface area contributed by atoms with E-state index < -0.39 is 0 Å². The maximum absolute atomic E-state index is 5.61. The van der Waals surface area contributed by atoms with Crippen LogP contribution < -0.4 is 0 Å². The SMILES string of the molecule is c1coc(-c2ccc3ccc4cccc5ccc2c3c45)c1. The van der Waals surface area contributed by atoms with Crippen LogP contribution in [0.25, 0.3) is 43.6 Å². The first-order valence-corrected chi connectivity index (χ1v) is 7.12. The van der Waals surface area contributed by atoms with Gasteiger partial charge in [0.1, 0.15) is 5.76 Å². The number of hydrogen-bond donors (Lipinski definition) is 0. The van der Waals surface area contributed by atoms with E-state index in [1.165, 1.54) is 32.3 Å². The third-order valence-corrected chi connectivity index (χ3v) is 4.32. The van der Waals surface area contributed by atoms with Gasteiger partial charge < -0.3 is 4.42 Å². The monoisotopic (exact) mass is 268 g/mol. The second-order valence-corrected chi connectivity index (χ2v) is 5.45. The smallest absolute Gasteiger partial charge is 0.134 e. The van der Waals surface area contributed by atoms with Crippen LogP contribution in [-0.4, -0.2) is 0 Å². The van der Waals surface area contributed by atoms with E-state index in [2.05, 4.69) is 54.6 Å². The Hall–Kier alpha value is -2.80. The van der Waals surface area contributed by atoms with Crippen molar-refractivity contribution in [1.29, 1.82) is 0 Å². The first-order valence-electron chi connectivity index (χ1n) is 7.12. The van der Waals surface area contributed by atoms with Crippen molar-refractivity contribution in [2.75, 3.05) is 0 Å². The highest BCUT2D eigenvalue weighted by Crippen LogP contribution is 2.39. The van der Waals surface area contributed by atoms with Crippen molar-refractivity contribution < 1.29 is 4.42 Å². The Bertz CT molecular complexity index is 1060. The molecule has 1 nitrogen and oxygen atoms in total. The average molecular weight is 268 g/mol. The number of benzene rings is 4. The van der Waals surface area contributed by atoms with Crippen LogP contribution in [0.15, 0.2) is 77.4 Å². The van der Waals surface area contributed by atoms with Crippen LogP contribution in [0.3, 0.4) is 0 Å². The lowest BCUT2D eigenvalue weighted by atomic mass is 9.91. The zero-order valence-corrected chi connectivity index (χ0v) is 11.3. The molecule has 0 unspecified atom stereocenters. The standard InChI is InChI=1S/C20H12O/c1-3-13-6-7-15-8-10-16(18-5-2-12-21-18)17-11-9-14(4-1)19(13)20(15)17/h1-12H. The van der Waals surface area contributed by atoms with Gasteiger partial charge in [-0.05, 0) is 50.5 Å². The lowest BCUT2D eigenvalue weighted by Gasteiger charge is -2.12. The Morgan fingerprint density at radius 1 is 0.571 bits per heavy atom. The topological polar surface area (TPSA) is 13.1 Å². The van der Waals surface area contributed by atoms with Gasteiger partial charge in [-0.3, -0.25) is 0 Å². The van der Waals surface area contributed by atoms with Crippen LogP contribution in [0.4, 0.5) is 0 Å². The molecular formula is C20H12O. The Morgan fingerprint density at radius 2 is 1.29 bits per heavy atom. The molecule has 5 rings (SSSR count). The minimum absolute atomic E-state index is 0.924. The van der Waals surface area contributed by atoms with Crippen molar-refractivity contribution in [3.05, 3.63) is 73.0 Å². The number of rotatable bonds is 1. The maximum Gasteiger partial charge on any atom is 0.134 e. The van der Waals surface area contributed by atoms with Crippen LogP contribution in [0.2, 0.25) is 0 Å². The van der Waals surface area contributed by atoms with Crippen LogP contribution in [0.1, 0.15) is 0 Å². The second-order valence-electron chi connectivity index (χ2n) is 5.45. The minimum Gasteiger partial charge on any atom is -0.464 e. The molecule has 0 atom stereocenters. The van der Waals surface area contributed by atoms with Gasteiger partial charge in [0.05, 0.1) is 6.26 Å². The van der Waals surface area contributed by atoms with Gasteiger partial charge in [0.25, 0.3) is 0 Å². The molecule has 0 saturated carbocycles. The van der Waals surface area contributed by atoms with Crippen LogP contribution >= 0.6 is 0 Å². The minimum atomic E-state index is 0.924. The highest BCUT2D eigenvalue weighted by Gasteiger charge is 2.12. The van der Waals surface area contributed by atoms with Gasteiger partial charge in [-0.2, -0.15) is 0 Å². The molecule has 0 amide bonds. The molecule has 0 aliphatic rings. The fourth-order valence-electron chi connectivity index (χ4n) is 3.38. The molecular weight excluding hydrogens is 256 g/mol. The molecule has 0 aliphatic heterocycles. The lowest BCUT2D eigenvalue weighted by molar-refractivity contribution is 0.583. The van der Waals surface area contributed by atoms with Crippen molar-refractivity contribution in [2.45, 2.75) is 0 Å². The molecule has 98 valence electrons. The van der Waals surface area contributed by atoms with E-state index in [0.717, 1.165) is 11.3 Å². The summed E-state index contributed by atoms with van der Waals surface area (Å²) >= 11 is 0. The first-order chi connectivity index (χ1) is 10.4. The fourth-order valence-corrected chi connectivity index (χ4v) is 3.38. The summed E-state index contributed by atoms with van der Waals surface area (Å²) in [4.78, 5) is 0. The highest BCUT2D eigenvalue weighted by molar-refractivity contribution is 6.25. The van der Waals surface area contributed by atoms with Crippen molar-refractivity contribution in [3.63, 3.8) is 0 Å². The van der Waals surface area contributed by atoms with Gasteiger partial charge in [0.15, 0.2) is 0 Å². The third kappa shape index (κ3) is 1.40.